The molecule has 0 bridgehead atoms. The number of hydrogen-bond acceptors (Lipinski definition) is 1. The molecule has 0 aliphatic carbocycles. The van der Waals surface area contributed by atoms with Crippen molar-refractivity contribution in [2.24, 2.45) is 0 Å². The van der Waals surface area contributed by atoms with Crippen LogP contribution in [0.25, 0.3) is 42.4 Å². The highest BCUT2D eigenvalue weighted by Crippen LogP contribution is 2.46. The number of fused-ring (bicyclic) bond motifs is 2. The van der Waals surface area contributed by atoms with Crippen LogP contribution in [0.2, 0.25) is 0 Å². The Morgan fingerprint density at radius 3 is 2.04 bits per heavy atom. The van der Waals surface area contributed by atoms with Crippen LogP contribution < -0.4 is 0 Å². The molecule has 0 spiro atoms. The highest BCUT2D eigenvalue weighted by atomic mass is 32.1. The van der Waals surface area contributed by atoms with E-state index in [1.807, 2.05) is 11.3 Å². The maximum atomic E-state index is 2.29. The van der Waals surface area contributed by atoms with Gasteiger partial charge in [-0.2, -0.15) is 0 Å². The van der Waals surface area contributed by atoms with Crippen molar-refractivity contribution >= 4 is 32.2 Å². The molecule has 5 aromatic rings. The Morgan fingerprint density at radius 2 is 1.23 bits per heavy atom. The van der Waals surface area contributed by atoms with Crippen molar-refractivity contribution in [3.05, 3.63) is 96.6 Å². The van der Waals surface area contributed by atoms with Crippen LogP contribution in [0, 0.1) is 6.92 Å². The van der Waals surface area contributed by atoms with E-state index in [0.717, 1.165) is 0 Å². The smallest absolute Gasteiger partial charge is 0.0440 e. The van der Waals surface area contributed by atoms with Crippen molar-refractivity contribution in [3.8, 4) is 21.6 Å². The van der Waals surface area contributed by atoms with Gasteiger partial charge >= 0.3 is 0 Å². The van der Waals surface area contributed by atoms with Gasteiger partial charge in [0, 0.05) is 26.1 Å². The van der Waals surface area contributed by atoms with Crippen LogP contribution >= 0.6 is 11.3 Å². The first-order chi connectivity index (χ1) is 12.8. The summed E-state index contributed by atoms with van der Waals surface area (Å²) in [6.45, 7) is 2.19. The molecular weight excluding hydrogens is 332 g/mol. The van der Waals surface area contributed by atoms with Gasteiger partial charge in [0.05, 0.1) is 0 Å². The molecule has 5 rings (SSSR count). The molecule has 1 heteroatoms. The Labute approximate surface area is 157 Å². The maximum Gasteiger partial charge on any atom is 0.0440 e. The molecule has 0 saturated carbocycles. The lowest BCUT2D eigenvalue weighted by Gasteiger charge is -2.10. The zero-order valence-corrected chi connectivity index (χ0v) is 15.4. The lowest BCUT2D eigenvalue weighted by atomic mass is 9.94. The summed E-state index contributed by atoms with van der Waals surface area (Å²) in [5.74, 6) is 0. The van der Waals surface area contributed by atoms with E-state index in [-0.39, 0.29) is 0 Å². The molecule has 0 radical (unpaired) electrons. The fourth-order valence-corrected chi connectivity index (χ4v) is 5.04. The Bertz CT molecular complexity index is 1230. The second-order valence-corrected chi connectivity index (χ2v) is 7.70. The number of hydrogen-bond donors (Lipinski definition) is 0. The van der Waals surface area contributed by atoms with Gasteiger partial charge in [-0.15, -0.1) is 11.3 Å². The molecule has 0 amide bonds. The van der Waals surface area contributed by atoms with Crippen LogP contribution in [0.5, 0.6) is 0 Å². The van der Waals surface area contributed by atoms with E-state index in [1.54, 1.807) is 0 Å². The van der Waals surface area contributed by atoms with Gasteiger partial charge in [-0.05, 0) is 34.9 Å². The minimum Gasteiger partial charge on any atom is -0.135 e. The van der Waals surface area contributed by atoms with Crippen LogP contribution in [0.4, 0.5) is 0 Å². The Kier molecular flexibility index (Phi) is 3.62. The lowest BCUT2D eigenvalue weighted by molar-refractivity contribution is 1.53. The third-order valence-electron chi connectivity index (χ3n) is 5.04. The zero-order chi connectivity index (χ0) is 17.5. The molecule has 1 heterocycles. The molecule has 0 nitrogen and oxygen atoms in total. The van der Waals surface area contributed by atoms with E-state index >= 15 is 0 Å². The van der Waals surface area contributed by atoms with Gasteiger partial charge < -0.3 is 0 Å². The second kappa shape index (κ2) is 6.12. The Balaban J connectivity index is 1.91. The number of aryl methyl sites for hydroxylation is 1. The minimum atomic E-state index is 1.28. The summed E-state index contributed by atoms with van der Waals surface area (Å²) in [7, 11) is 0. The third kappa shape index (κ3) is 2.36. The van der Waals surface area contributed by atoms with E-state index in [1.165, 1.54) is 48.0 Å². The van der Waals surface area contributed by atoms with Gasteiger partial charge in [-0.25, -0.2) is 0 Å². The molecule has 0 N–H and O–H groups in total. The summed E-state index contributed by atoms with van der Waals surface area (Å²) in [5, 5.41) is 4.00. The van der Waals surface area contributed by atoms with Gasteiger partial charge in [0.2, 0.25) is 0 Å². The first-order valence-electron chi connectivity index (χ1n) is 8.88. The topological polar surface area (TPSA) is 0 Å². The lowest BCUT2D eigenvalue weighted by Crippen LogP contribution is -1.85. The summed E-state index contributed by atoms with van der Waals surface area (Å²) in [6, 6.07) is 32.8. The van der Waals surface area contributed by atoms with E-state index in [2.05, 4.69) is 97.9 Å². The predicted octanol–water partition coefficient (Wildman–Crippen LogP) is 7.70. The van der Waals surface area contributed by atoms with Crippen molar-refractivity contribution in [3.63, 3.8) is 0 Å². The maximum absolute atomic E-state index is 2.29. The van der Waals surface area contributed by atoms with Crippen LogP contribution in [0.1, 0.15) is 5.56 Å². The molecule has 0 fully saturated rings. The third-order valence-corrected chi connectivity index (χ3v) is 6.25. The Hall–Kier alpha value is -2.90. The summed E-state index contributed by atoms with van der Waals surface area (Å²) < 4.78 is 1.34. The fourth-order valence-electron chi connectivity index (χ4n) is 3.77. The average Bonchev–Trinajstić information content (AvgIpc) is 3.08. The number of rotatable bonds is 2. The van der Waals surface area contributed by atoms with Gasteiger partial charge in [-0.3, -0.25) is 0 Å². The first kappa shape index (κ1) is 15.4. The monoisotopic (exact) mass is 350 g/mol. The van der Waals surface area contributed by atoms with Crippen LogP contribution in [0.15, 0.2) is 91.0 Å². The highest BCUT2D eigenvalue weighted by molar-refractivity contribution is 7.23. The molecule has 4 aromatic carbocycles. The fraction of sp³-hybridized carbons (Fsp3) is 0.0400. The first-order valence-corrected chi connectivity index (χ1v) is 9.70. The van der Waals surface area contributed by atoms with Gasteiger partial charge in [0.15, 0.2) is 0 Å². The summed E-state index contributed by atoms with van der Waals surface area (Å²) in [5.41, 5.74) is 5.28. The minimum absolute atomic E-state index is 1.28. The van der Waals surface area contributed by atoms with Crippen molar-refractivity contribution in [2.45, 2.75) is 6.92 Å². The predicted molar refractivity (Wildman–Crippen MR) is 115 cm³/mol. The van der Waals surface area contributed by atoms with Crippen molar-refractivity contribution in [1.29, 1.82) is 0 Å². The quantitative estimate of drug-likeness (QED) is 0.306. The van der Waals surface area contributed by atoms with E-state index in [0.29, 0.717) is 0 Å². The molecule has 0 saturated heterocycles. The summed E-state index contributed by atoms with van der Waals surface area (Å²) in [4.78, 5) is 1.36. The van der Waals surface area contributed by atoms with E-state index in [9.17, 15) is 0 Å². The Morgan fingerprint density at radius 1 is 0.577 bits per heavy atom. The zero-order valence-electron chi connectivity index (χ0n) is 14.6. The summed E-state index contributed by atoms with van der Waals surface area (Å²) in [6.07, 6.45) is 0. The SMILES string of the molecule is Cc1ccc(-c2sc3ccccc3c2-c2ccccc2)c2ccccc12. The molecule has 1 aromatic heterocycles. The second-order valence-electron chi connectivity index (χ2n) is 6.64. The van der Waals surface area contributed by atoms with Crippen molar-refractivity contribution in [2.75, 3.05) is 0 Å². The number of benzene rings is 4. The molecule has 124 valence electrons. The van der Waals surface area contributed by atoms with Gasteiger partial charge in [0.1, 0.15) is 0 Å². The number of thiophene rings is 1. The van der Waals surface area contributed by atoms with Crippen molar-refractivity contribution < 1.29 is 0 Å². The normalized spacial score (nSPS) is 11.3. The van der Waals surface area contributed by atoms with E-state index < -0.39 is 0 Å². The highest BCUT2D eigenvalue weighted by Gasteiger charge is 2.17. The largest absolute Gasteiger partial charge is 0.135 e. The van der Waals surface area contributed by atoms with E-state index in [4.69, 9.17) is 0 Å². The summed E-state index contributed by atoms with van der Waals surface area (Å²) >= 11 is 1.89. The molecule has 0 aliphatic heterocycles. The van der Waals surface area contributed by atoms with Crippen LogP contribution in [-0.2, 0) is 0 Å². The van der Waals surface area contributed by atoms with Crippen LogP contribution in [0.3, 0.4) is 0 Å². The van der Waals surface area contributed by atoms with Crippen molar-refractivity contribution in [1.82, 2.24) is 0 Å². The average molecular weight is 350 g/mol. The molecule has 0 atom stereocenters. The molecule has 26 heavy (non-hydrogen) atoms. The van der Waals surface area contributed by atoms with Crippen LogP contribution in [-0.4, -0.2) is 0 Å². The molecule has 0 unspecified atom stereocenters. The van der Waals surface area contributed by atoms with Gasteiger partial charge in [-0.1, -0.05) is 84.9 Å². The molecule has 0 aliphatic rings. The molecular formula is C25H18S. The standard InChI is InChI=1S/C25H18S/c1-17-15-16-21(20-12-6-5-11-19(17)20)25-24(18-9-3-2-4-10-18)22-13-7-8-14-23(22)26-25/h2-16H,1H3. The van der Waals surface area contributed by atoms with Gasteiger partial charge in [0.25, 0.3) is 0 Å².